The molecule has 1 saturated heterocycles. The Morgan fingerprint density at radius 3 is 2.72 bits per heavy atom. The molecule has 0 spiro atoms. The Bertz CT molecular complexity index is 601. The molecule has 0 aromatic heterocycles. The first-order chi connectivity index (χ1) is 12.1. The van der Waals surface area contributed by atoms with E-state index in [2.05, 4.69) is 6.92 Å². The number of aliphatic carboxylic acids is 1. The van der Waals surface area contributed by atoms with Gasteiger partial charge in [-0.1, -0.05) is 13.3 Å². The van der Waals surface area contributed by atoms with Crippen molar-refractivity contribution in [2.45, 2.75) is 52.0 Å². The highest BCUT2D eigenvalue weighted by Crippen LogP contribution is 2.30. The summed E-state index contributed by atoms with van der Waals surface area (Å²) in [4.78, 5) is 25.5. The van der Waals surface area contributed by atoms with Crippen LogP contribution in [0.5, 0.6) is 11.5 Å². The molecule has 1 heterocycles. The number of hydrogen-bond acceptors (Lipinski definition) is 4. The molecule has 1 aliphatic rings. The standard InChI is InChI=1S/C19H27NO5/c1-3-5-11-25-16-9-8-14(12-17(16)24-4-2)19(23)20-10-6-7-15(20)13-18(21)22/h8-9,12,15H,3-7,10-11,13H2,1-2H3,(H,21,22). The van der Waals surface area contributed by atoms with Gasteiger partial charge in [-0.15, -0.1) is 0 Å². The summed E-state index contributed by atoms with van der Waals surface area (Å²) in [5.41, 5.74) is 0.503. The van der Waals surface area contributed by atoms with E-state index in [9.17, 15) is 9.59 Å². The molecule has 1 aromatic rings. The van der Waals surface area contributed by atoms with Gasteiger partial charge in [-0.25, -0.2) is 0 Å². The van der Waals surface area contributed by atoms with Gasteiger partial charge in [0.05, 0.1) is 19.6 Å². The van der Waals surface area contributed by atoms with Crippen molar-refractivity contribution >= 4 is 11.9 Å². The van der Waals surface area contributed by atoms with Gasteiger partial charge < -0.3 is 19.5 Å². The number of amides is 1. The maximum Gasteiger partial charge on any atom is 0.305 e. The average Bonchev–Trinajstić information content (AvgIpc) is 3.03. The van der Waals surface area contributed by atoms with Gasteiger partial charge in [0.1, 0.15) is 0 Å². The molecule has 1 aromatic carbocycles. The van der Waals surface area contributed by atoms with E-state index in [4.69, 9.17) is 14.6 Å². The average molecular weight is 349 g/mol. The Morgan fingerprint density at radius 2 is 2.04 bits per heavy atom. The minimum Gasteiger partial charge on any atom is -0.490 e. The number of hydrogen-bond donors (Lipinski definition) is 1. The van der Waals surface area contributed by atoms with Crippen molar-refractivity contribution in [1.29, 1.82) is 0 Å². The zero-order valence-corrected chi connectivity index (χ0v) is 15.0. The molecule has 138 valence electrons. The lowest BCUT2D eigenvalue weighted by molar-refractivity contribution is -0.137. The van der Waals surface area contributed by atoms with Crippen LogP contribution < -0.4 is 9.47 Å². The lowest BCUT2D eigenvalue weighted by Crippen LogP contribution is -2.36. The molecule has 1 unspecified atom stereocenters. The fraction of sp³-hybridized carbons (Fsp3) is 0.579. The van der Waals surface area contributed by atoms with Crippen LogP contribution in [0.4, 0.5) is 0 Å². The van der Waals surface area contributed by atoms with Crippen LogP contribution in [-0.4, -0.2) is 47.7 Å². The molecule has 0 radical (unpaired) electrons. The van der Waals surface area contributed by atoms with Crippen LogP contribution in [0, 0.1) is 0 Å². The maximum atomic E-state index is 12.8. The van der Waals surface area contributed by atoms with E-state index in [0.29, 0.717) is 36.8 Å². The molecule has 2 rings (SSSR count). The van der Waals surface area contributed by atoms with Gasteiger partial charge in [0.25, 0.3) is 5.91 Å². The lowest BCUT2D eigenvalue weighted by atomic mass is 10.1. The van der Waals surface area contributed by atoms with Gasteiger partial charge in [-0.05, 0) is 44.4 Å². The topological polar surface area (TPSA) is 76.1 Å². The highest BCUT2D eigenvalue weighted by Gasteiger charge is 2.31. The zero-order chi connectivity index (χ0) is 18.2. The molecule has 0 aliphatic carbocycles. The van der Waals surface area contributed by atoms with E-state index in [1.807, 2.05) is 6.92 Å². The molecule has 1 aliphatic heterocycles. The van der Waals surface area contributed by atoms with Gasteiger partial charge in [-0.2, -0.15) is 0 Å². The Kier molecular flexibility index (Phi) is 7.10. The number of benzene rings is 1. The van der Waals surface area contributed by atoms with Crippen molar-refractivity contribution in [3.05, 3.63) is 23.8 Å². The summed E-state index contributed by atoms with van der Waals surface area (Å²) in [6.07, 6.45) is 3.55. The third kappa shape index (κ3) is 5.11. The summed E-state index contributed by atoms with van der Waals surface area (Å²) in [6.45, 7) is 5.66. The Morgan fingerprint density at radius 1 is 1.24 bits per heavy atom. The number of carbonyl (C=O) groups is 2. The summed E-state index contributed by atoms with van der Waals surface area (Å²) >= 11 is 0. The third-order valence-corrected chi connectivity index (χ3v) is 4.29. The SMILES string of the molecule is CCCCOc1ccc(C(=O)N2CCCC2CC(=O)O)cc1OCC. The summed E-state index contributed by atoms with van der Waals surface area (Å²) in [5.74, 6) is 0.165. The summed E-state index contributed by atoms with van der Waals surface area (Å²) < 4.78 is 11.4. The minimum atomic E-state index is -0.876. The number of rotatable bonds is 9. The van der Waals surface area contributed by atoms with E-state index in [-0.39, 0.29) is 18.4 Å². The molecule has 6 nitrogen and oxygen atoms in total. The number of unbranched alkanes of at least 4 members (excludes halogenated alkanes) is 1. The van der Waals surface area contributed by atoms with Gasteiger partial charge in [0.2, 0.25) is 0 Å². The van der Waals surface area contributed by atoms with E-state index in [0.717, 1.165) is 25.7 Å². The normalized spacial score (nSPS) is 16.7. The number of carboxylic acid groups (broad SMARTS) is 1. The van der Waals surface area contributed by atoms with E-state index in [1.54, 1.807) is 23.1 Å². The first-order valence-corrected chi connectivity index (χ1v) is 8.99. The molecule has 6 heteroatoms. The van der Waals surface area contributed by atoms with Crippen LogP contribution in [0.15, 0.2) is 18.2 Å². The highest BCUT2D eigenvalue weighted by molar-refractivity contribution is 5.95. The molecule has 0 saturated carbocycles. The molecule has 25 heavy (non-hydrogen) atoms. The van der Waals surface area contributed by atoms with Crippen LogP contribution >= 0.6 is 0 Å². The van der Waals surface area contributed by atoms with Crippen molar-refractivity contribution in [3.8, 4) is 11.5 Å². The summed E-state index contributed by atoms with van der Waals surface area (Å²) in [7, 11) is 0. The minimum absolute atomic E-state index is 0.0116. The number of likely N-dealkylation sites (tertiary alicyclic amines) is 1. The number of carbonyl (C=O) groups excluding carboxylic acids is 1. The van der Waals surface area contributed by atoms with Crippen molar-refractivity contribution in [3.63, 3.8) is 0 Å². The van der Waals surface area contributed by atoms with Gasteiger partial charge in [-0.3, -0.25) is 9.59 Å². The van der Waals surface area contributed by atoms with Gasteiger partial charge in [0, 0.05) is 18.2 Å². The van der Waals surface area contributed by atoms with Crippen LogP contribution in [0.1, 0.15) is 56.3 Å². The quantitative estimate of drug-likeness (QED) is 0.692. The van der Waals surface area contributed by atoms with Crippen LogP contribution in [-0.2, 0) is 4.79 Å². The van der Waals surface area contributed by atoms with Crippen molar-refractivity contribution in [1.82, 2.24) is 4.90 Å². The predicted molar refractivity (Wildman–Crippen MR) is 94.3 cm³/mol. The molecular weight excluding hydrogens is 322 g/mol. The van der Waals surface area contributed by atoms with E-state index >= 15 is 0 Å². The van der Waals surface area contributed by atoms with Crippen molar-refractivity contribution < 1.29 is 24.2 Å². The largest absolute Gasteiger partial charge is 0.490 e. The maximum absolute atomic E-state index is 12.8. The second kappa shape index (κ2) is 9.30. The number of carboxylic acids is 1. The van der Waals surface area contributed by atoms with E-state index in [1.165, 1.54) is 0 Å². The monoisotopic (exact) mass is 349 g/mol. The Labute approximate surface area is 148 Å². The second-order valence-corrected chi connectivity index (χ2v) is 6.19. The predicted octanol–water partition coefficient (Wildman–Crippen LogP) is 3.34. The zero-order valence-electron chi connectivity index (χ0n) is 15.0. The van der Waals surface area contributed by atoms with Crippen LogP contribution in [0.3, 0.4) is 0 Å². The molecule has 1 fully saturated rings. The Balaban J connectivity index is 2.15. The molecule has 0 bridgehead atoms. The van der Waals surface area contributed by atoms with Gasteiger partial charge >= 0.3 is 5.97 Å². The van der Waals surface area contributed by atoms with Gasteiger partial charge in [0.15, 0.2) is 11.5 Å². The molecule has 1 atom stereocenters. The summed E-state index contributed by atoms with van der Waals surface area (Å²) in [5, 5.41) is 9.02. The summed E-state index contributed by atoms with van der Waals surface area (Å²) in [6, 6.07) is 4.95. The van der Waals surface area contributed by atoms with Crippen LogP contribution in [0.25, 0.3) is 0 Å². The van der Waals surface area contributed by atoms with Crippen LogP contribution in [0.2, 0.25) is 0 Å². The fourth-order valence-corrected chi connectivity index (χ4v) is 3.04. The number of ether oxygens (including phenoxy) is 2. The fourth-order valence-electron chi connectivity index (χ4n) is 3.04. The van der Waals surface area contributed by atoms with Crippen molar-refractivity contribution in [2.75, 3.05) is 19.8 Å². The molecule has 1 amide bonds. The second-order valence-electron chi connectivity index (χ2n) is 6.19. The smallest absolute Gasteiger partial charge is 0.305 e. The Hall–Kier alpha value is -2.24. The first kappa shape index (κ1) is 19.1. The van der Waals surface area contributed by atoms with E-state index < -0.39 is 5.97 Å². The molecule has 1 N–H and O–H groups in total. The highest BCUT2D eigenvalue weighted by atomic mass is 16.5. The van der Waals surface area contributed by atoms with Crippen molar-refractivity contribution in [2.24, 2.45) is 0 Å². The lowest BCUT2D eigenvalue weighted by Gasteiger charge is -2.24. The molecular formula is C19H27NO5. The number of nitrogens with zero attached hydrogens (tertiary/aromatic N) is 1. The third-order valence-electron chi connectivity index (χ3n) is 4.29. The first-order valence-electron chi connectivity index (χ1n) is 8.99.